The Kier molecular flexibility index (Phi) is 3.78. The first-order valence-corrected chi connectivity index (χ1v) is 6.69. The number of amides is 2. The van der Waals surface area contributed by atoms with E-state index < -0.39 is 5.97 Å². The van der Waals surface area contributed by atoms with Gasteiger partial charge in [-0.05, 0) is 30.6 Å². The number of hydrogen-bond donors (Lipinski definition) is 1. The van der Waals surface area contributed by atoms with Crippen LogP contribution in [0.2, 0.25) is 0 Å². The summed E-state index contributed by atoms with van der Waals surface area (Å²) in [5, 5.41) is 8.75. The fraction of sp³-hybridized carbons (Fsp3) is 0.846. The third kappa shape index (κ3) is 3.15. The molecule has 1 aliphatic carbocycles. The molecule has 0 aromatic carbocycles. The van der Waals surface area contributed by atoms with E-state index in [-0.39, 0.29) is 18.4 Å². The van der Waals surface area contributed by atoms with E-state index in [9.17, 15) is 9.59 Å². The Hall–Kier alpha value is -1.26. The lowest BCUT2D eigenvalue weighted by Crippen LogP contribution is -2.41. The van der Waals surface area contributed by atoms with Crippen LogP contribution in [0.5, 0.6) is 0 Å². The van der Waals surface area contributed by atoms with E-state index in [1.807, 2.05) is 7.05 Å². The van der Waals surface area contributed by atoms with Crippen LogP contribution in [-0.2, 0) is 4.79 Å². The van der Waals surface area contributed by atoms with E-state index in [1.165, 1.54) is 6.42 Å². The molecule has 0 aromatic rings. The largest absolute Gasteiger partial charge is 0.481 e. The quantitative estimate of drug-likeness (QED) is 0.827. The number of carbonyl (C=O) groups is 2. The van der Waals surface area contributed by atoms with Crippen LogP contribution in [-0.4, -0.2) is 53.6 Å². The average molecular weight is 254 g/mol. The van der Waals surface area contributed by atoms with Gasteiger partial charge in [0.05, 0.1) is 0 Å². The fourth-order valence-corrected chi connectivity index (χ4v) is 2.74. The van der Waals surface area contributed by atoms with E-state index in [1.54, 1.807) is 9.80 Å². The molecule has 0 radical (unpaired) electrons. The van der Waals surface area contributed by atoms with Crippen LogP contribution in [0.4, 0.5) is 4.79 Å². The Morgan fingerprint density at radius 1 is 1.44 bits per heavy atom. The molecule has 5 nitrogen and oxygen atoms in total. The summed E-state index contributed by atoms with van der Waals surface area (Å²) in [5.41, 5.74) is 0. The molecular weight excluding hydrogens is 232 g/mol. The van der Waals surface area contributed by atoms with Gasteiger partial charge in [-0.3, -0.25) is 4.79 Å². The molecule has 1 N–H and O–H groups in total. The minimum atomic E-state index is -0.769. The molecule has 2 amide bonds. The lowest BCUT2D eigenvalue weighted by atomic mass is 10.1. The Balaban J connectivity index is 1.77. The van der Waals surface area contributed by atoms with Gasteiger partial charge < -0.3 is 14.9 Å². The second kappa shape index (κ2) is 5.16. The van der Waals surface area contributed by atoms with Crippen molar-refractivity contribution in [3.05, 3.63) is 0 Å². The van der Waals surface area contributed by atoms with Crippen molar-refractivity contribution in [2.24, 2.45) is 17.8 Å². The molecule has 3 unspecified atom stereocenters. The molecule has 0 bridgehead atoms. The van der Waals surface area contributed by atoms with Gasteiger partial charge in [-0.1, -0.05) is 6.92 Å². The highest BCUT2D eigenvalue weighted by Crippen LogP contribution is 2.38. The maximum absolute atomic E-state index is 12.2. The summed E-state index contributed by atoms with van der Waals surface area (Å²) < 4.78 is 0. The molecule has 1 saturated heterocycles. The van der Waals surface area contributed by atoms with Crippen molar-refractivity contribution in [1.29, 1.82) is 0 Å². The molecule has 5 heteroatoms. The third-order valence-corrected chi connectivity index (χ3v) is 4.13. The standard InChI is InChI=1S/C13H22N2O3/c1-9-5-11(9)8-14(2)13(18)15-4-3-10(7-15)6-12(16)17/h9-11H,3-8H2,1-2H3,(H,16,17). The molecule has 2 rings (SSSR count). The Bertz CT molecular complexity index is 345. The van der Waals surface area contributed by atoms with Crippen LogP contribution >= 0.6 is 0 Å². The third-order valence-electron chi connectivity index (χ3n) is 4.13. The Labute approximate surface area is 108 Å². The highest BCUT2D eigenvalue weighted by atomic mass is 16.4. The first kappa shape index (κ1) is 13.2. The predicted molar refractivity (Wildman–Crippen MR) is 67.2 cm³/mol. The highest BCUT2D eigenvalue weighted by Gasteiger charge is 2.36. The number of rotatable bonds is 4. The summed E-state index contributed by atoms with van der Waals surface area (Å²) in [6, 6.07) is 0.0574. The minimum Gasteiger partial charge on any atom is -0.481 e. The van der Waals surface area contributed by atoms with Gasteiger partial charge in [0, 0.05) is 33.1 Å². The Morgan fingerprint density at radius 3 is 2.67 bits per heavy atom. The van der Waals surface area contributed by atoms with Crippen LogP contribution in [0, 0.1) is 17.8 Å². The molecule has 2 fully saturated rings. The van der Waals surface area contributed by atoms with Crippen LogP contribution in [0.1, 0.15) is 26.2 Å². The topological polar surface area (TPSA) is 60.9 Å². The maximum Gasteiger partial charge on any atom is 0.319 e. The lowest BCUT2D eigenvalue weighted by Gasteiger charge is -2.24. The molecule has 3 atom stereocenters. The molecule has 0 aromatic heterocycles. The smallest absolute Gasteiger partial charge is 0.319 e. The molecule has 18 heavy (non-hydrogen) atoms. The minimum absolute atomic E-state index is 0.0574. The summed E-state index contributed by atoms with van der Waals surface area (Å²) in [5.74, 6) is 0.768. The number of carbonyl (C=O) groups excluding carboxylic acids is 1. The highest BCUT2D eigenvalue weighted by molar-refractivity contribution is 5.74. The van der Waals surface area contributed by atoms with Gasteiger partial charge >= 0.3 is 12.0 Å². The number of aliphatic carboxylic acids is 1. The van der Waals surface area contributed by atoms with Gasteiger partial charge in [0.25, 0.3) is 0 Å². The van der Waals surface area contributed by atoms with Crippen LogP contribution in [0.15, 0.2) is 0 Å². The zero-order valence-electron chi connectivity index (χ0n) is 11.1. The number of nitrogens with zero attached hydrogens (tertiary/aromatic N) is 2. The second-order valence-corrected chi connectivity index (χ2v) is 5.83. The number of urea groups is 1. The molecule has 0 spiro atoms. The maximum atomic E-state index is 12.2. The van der Waals surface area contributed by atoms with Crippen LogP contribution < -0.4 is 0 Å². The van der Waals surface area contributed by atoms with Crippen molar-refractivity contribution in [2.45, 2.75) is 26.2 Å². The van der Waals surface area contributed by atoms with Crippen molar-refractivity contribution in [3.63, 3.8) is 0 Å². The van der Waals surface area contributed by atoms with Crippen molar-refractivity contribution < 1.29 is 14.7 Å². The zero-order valence-corrected chi connectivity index (χ0v) is 11.1. The van der Waals surface area contributed by atoms with Crippen molar-refractivity contribution in [2.75, 3.05) is 26.7 Å². The van der Waals surface area contributed by atoms with Crippen molar-refractivity contribution >= 4 is 12.0 Å². The normalized spacial score (nSPS) is 30.3. The number of hydrogen-bond acceptors (Lipinski definition) is 2. The summed E-state index contributed by atoms with van der Waals surface area (Å²) in [7, 11) is 1.85. The lowest BCUT2D eigenvalue weighted by molar-refractivity contribution is -0.138. The predicted octanol–water partition coefficient (Wildman–Crippen LogP) is 1.49. The number of likely N-dealkylation sites (tertiary alicyclic amines) is 1. The molecule has 1 aliphatic heterocycles. The first-order valence-electron chi connectivity index (χ1n) is 6.69. The van der Waals surface area contributed by atoms with Gasteiger partial charge in [-0.25, -0.2) is 4.79 Å². The monoisotopic (exact) mass is 254 g/mol. The summed E-state index contributed by atoms with van der Waals surface area (Å²) in [6.45, 7) is 4.33. The fourth-order valence-electron chi connectivity index (χ4n) is 2.74. The van der Waals surface area contributed by atoms with Crippen LogP contribution in [0.3, 0.4) is 0 Å². The molecule has 1 heterocycles. The van der Waals surface area contributed by atoms with Gasteiger partial charge in [0.1, 0.15) is 0 Å². The van der Waals surface area contributed by atoms with E-state index in [0.717, 1.165) is 18.9 Å². The van der Waals surface area contributed by atoms with Gasteiger partial charge in [0.2, 0.25) is 0 Å². The van der Waals surface area contributed by atoms with Crippen LogP contribution in [0.25, 0.3) is 0 Å². The zero-order chi connectivity index (χ0) is 13.3. The summed E-state index contributed by atoms with van der Waals surface area (Å²) >= 11 is 0. The van der Waals surface area contributed by atoms with E-state index >= 15 is 0 Å². The van der Waals surface area contributed by atoms with Gasteiger partial charge in [0.15, 0.2) is 0 Å². The number of carboxylic acids is 1. The summed E-state index contributed by atoms with van der Waals surface area (Å²) in [6.07, 6.45) is 2.21. The average Bonchev–Trinajstić information content (AvgIpc) is 2.78. The van der Waals surface area contributed by atoms with Gasteiger partial charge in [-0.15, -0.1) is 0 Å². The van der Waals surface area contributed by atoms with E-state index in [4.69, 9.17) is 5.11 Å². The van der Waals surface area contributed by atoms with Gasteiger partial charge in [-0.2, -0.15) is 0 Å². The van der Waals surface area contributed by atoms with Crippen molar-refractivity contribution in [1.82, 2.24) is 9.80 Å². The molecule has 2 aliphatic rings. The van der Waals surface area contributed by atoms with Crippen molar-refractivity contribution in [3.8, 4) is 0 Å². The second-order valence-electron chi connectivity index (χ2n) is 5.83. The molecular formula is C13H22N2O3. The number of carboxylic acid groups (broad SMARTS) is 1. The molecule has 1 saturated carbocycles. The Morgan fingerprint density at radius 2 is 2.11 bits per heavy atom. The molecule has 102 valence electrons. The first-order chi connectivity index (χ1) is 8.47. The van der Waals surface area contributed by atoms with E-state index in [0.29, 0.717) is 19.0 Å². The van der Waals surface area contributed by atoms with E-state index in [2.05, 4.69) is 6.92 Å². The summed E-state index contributed by atoms with van der Waals surface area (Å²) in [4.78, 5) is 26.4. The SMILES string of the molecule is CC1CC1CN(C)C(=O)N1CCC(CC(=O)O)C1.